The molecule has 0 radical (unpaired) electrons. The lowest BCUT2D eigenvalue weighted by atomic mass is 10.1. The van der Waals surface area contributed by atoms with Crippen LogP contribution in [-0.4, -0.2) is 30.8 Å². The summed E-state index contributed by atoms with van der Waals surface area (Å²) in [4.78, 5) is 12.7. The topological polar surface area (TPSA) is 77.0 Å². The molecule has 0 aromatic heterocycles. The number of carbonyl (C=O) groups excluding carboxylic acids is 1. The Hall–Kier alpha value is -2.73. The van der Waals surface area contributed by atoms with E-state index in [1.54, 1.807) is 36.4 Å². The number of benzene rings is 2. The van der Waals surface area contributed by atoms with Crippen LogP contribution in [0.4, 0.5) is 5.69 Å². The molecule has 2 rings (SSSR count). The van der Waals surface area contributed by atoms with Gasteiger partial charge in [0.15, 0.2) is 11.5 Å². The molecule has 0 unspecified atom stereocenters. The fourth-order valence-corrected chi connectivity index (χ4v) is 2.47. The maximum absolute atomic E-state index is 12.7. The molecule has 0 aliphatic heterocycles. The van der Waals surface area contributed by atoms with Gasteiger partial charge in [-0.15, -0.1) is 0 Å². The number of anilines is 1. The van der Waals surface area contributed by atoms with Gasteiger partial charge in [-0.3, -0.25) is 4.79 Å². The van der Waals surface area contributed by atoms with E-state index in [1.807, 2.05) is 20.8 Å². The first kappa shape index (κ1) is 19.6. The van der Waals surface area contributed by atoms with Crippen LogP contribution in [0.25, 0.3) is 0 Å². The number of nitrogens with one attached hydrogen (secondary N) is 1. The molecule has 0 fully saturated rings. The van der Waals surface area contributed by atoms with Crippen molar-refractivity contribution < 1.29 is 24.1 Å². The summed E-state index contributed by atoms with van der Waals surface area (Å²) in [7, 11) is 0. The van der Waals surface area contributed by atoms with E-state index in [2.05, 4.69) is 5.32 Å². The van der Waals surface area contributed by atoms with Gasteiger partial charge in [0.2, 0.25) is 5.75 Å². The average molecular weight is 359 g/mol. The first-order chi connectivity index (χ1) is 12.6. The number of hydrogen-bond acceptors (Lipinski definition) is 5. The van der Waals surface area contributed by atoms with Crippen molar-refractivity contribution in [3.63, 3.8) is 0 Å². The molecule has 0 heterocycles. The van der Waals surface area contributed by atoms with Crippen LogP contribution in [0.1, 0.15) is 36.7 Å². The van der Waals surface area contributed by atoms with Crippen molar-refractivity contribution in [1.82, 2.24) is 0 Å². The summed E-state index contributed by atoms with van der Waals surface area (Å²) < 4.78 is 16.9. The number of ether oxygens (including phenoxy) is 3. The zero-order valence-electron chi connectivity index (χ0n) is 15.4. The predicted molar refractivity (Wildman–Crippen MR) is 100 cm³/mol. The van der Waals surface area contributed by atoms with E-state index in [0.717, 1.165) is 5.56 Å². The third-order valence-corrected chi connectivity index (χ3v) is 3.54. The average Bonchev–Trinajstić information content (AvgIpc) is 2.64. The lowest BCUT2D eigenvalue weighted by Gasteiger charge is -2.17. The molecule has 0 aliphatic rings. The summed E-state index contributed by atoms with van der Waals surface area (Å²) in [5.74, 6) is 1.13. The number of aliphatic hydroxyl groups is 1. The summed E-state index contributed by atoms with van der Waals surface area (Å²) in [5.41, 5.74) is 1.72. The van der Waals surface area contributed by atoms with Gasteiger partial charge in [-0.05, 0) is 50.6 Å². The largest absolute Gasteiger partial charge is 0.490 e. The Kier molecular flexibility index (Phi) is 7.29. The number of amides is 1. The van der Waals surface area contributed by atoms with Crippen LogP contribution in [0.3, 0.4) is 0 Å². The van der Waals surface area contributed by atoms with Crippen molar-refractivity contribution in [3.8, 4) is 17.2 Å². The van der Waals surface area contributed by atoms with Crippen LogP contribution < -0.4 is 19.5 Å². The SMILES string of the molecule is CCOc1cc(C(=O)Nc2cccc(CO)c2)cc(OCC)c1OCC. The number of aliphatic hydroxyl groups excluding tert-OH is 1. The summed E-state index contributed by atoms with van der Waals surface area (Å²) in [5, 5.41) is 12.0. The maximum Gasteiger partial charge on any atom is 0.255 e. The summed E-state index contributed by atoms with van der Waals surface area (Å²) in [6, 6.07) is 10.3. The van der Waals surface area contributed by atoms with Gasteiger partial charge in [0.05, 0.1) is 26.4 Å². The second-order valence-electron chi connectivity index (χ2n) is 5.41. The Labute approximate surface area is 153 Å². The smallest absolute Gasteiger partial charge is 0.255 e. The Morgan fingerprint density at radius 1 is 0.962 bits per heavy atom. The standard InChI is InChI=1S/C20H25NO5/c1-4-24-17-11-15(12-18(25-5-2)19(17)26-6-3)20(23)21-16-9-7-8-14(10-16)13-22/h7-12,22H,4-6,13H2,1-3H3,(H,21,23). The predicted octanol–water partition coefficient (Wildman–Crippen LogP) is 3.63. The van der Waals surface area contributed by atoms with Crippen molar-refractivity contribution >= 4 is 11.6 Å². The molecule has 0 saturated carbocycles. The quantitative estimate of drug-likeness (QED) is 0.715. The van der Waals surface area contributed by atoms with Crippen LogP contribution in [0.2, 0.25) is 0 Å². The second-order valence-corrected chi connectivity index (χ2v) is 5.41. The first-order valence-electron chi connectivity index (χ1n) is 8.70. The molecule has 2 aromatic carbocycles. The molecule has 0 atom stereocenters. The maximum atomic E-state index is 12.7. The highest BCUT2D eigenvalue weighted by molar-refractivity contribution is 6.05. The normalized spacial score (nSPS) is 10.3. The second kappa shape index (κ2) is 9.68. The van der Waals surface area contributed by atoms with Gasteiger partial charge in [0.1, 0.15) is 0 Å². The summed E-state index contributed by atoms with van der Waals surface area (Å²) >= 11 is 0. The van der Waals surface area contributed by atoms with E-state index in [-0.39, 0.29) is 12.5 Å². The highest BCUT2D eigenvalue weighted by Crippen LogP contribution is 2.39. The van der Waals surface area contributed by atoms with Crippen molar-refractivity contribution in [2.24, 2.45) is 0 Å². The molecule has 0 spiro atoms. The molecule has 140 valence electrons. The van der Waals surface area contributed by atoms with Crippen molar-refractivity contribution in [2.45, 2.75) is 27.4 Å². The lowest BCUT2D eigenvalue weighted by Crippen LogP contribution is -2.13. The monoisotopic (exact) mass is 359 g/mol. The Balaban J connectivity index is 2.35. The van der Waals surface area contributed by atoms with Crippen molar-refractivity contribution in [2.75, 3.05) is 25.1 Å². The van der Waals surface area contributed by atoms with Gasteiger partial charge in [0, 0.05) is 11.3 Å². The molecule has 0 aliphatic carbocycles. The molecule has 0 saturated heterocycles. The number of hydrogen-bond donors (Lipinski definition) is 2. The number of carbonyl (C=O) groups is 1. The molecule has 6 heteroatoms. The molecule has 26 heavy (non-hydrogen) atoms. The van der Waals surface area contributed by atoms with E-state index < -0.39 is 0 Å². The summed E-state index contributed by atoms with van der Waals surface area (Å²) in [6.45, 7) is 6.85. The van der Waals surface area contributed by atoms with Gasteiger partial charge in [-0.1, -0.05) is 12.1 Å². The van der Waals surface area contributed by atoms with Crippen LogP contribution in [-0.2, 0) is 6.61 Å². The van der Waals surface area contributed by atoms with Crippen molar-refractivity contribution in [1.29, 1.82) is 0 Å². The number of rotatable bonds is 9. The van der Waals surface area contributed by atoms with E-state index in [0.29, 0.717) is 48.3 Å². The molecule has 2 aromatic rings. The zero-order chi connectivity index (χ0) is 18.9. The summed E-state index contributed by atoms with van der Waals surface area (Å²) in [6.07, 6.45) is 0. The van der Waals surface area contributed by atoms with E-state index in [4.69, 9.17) is 14.2 Å². The molecular weight excluding hydrogens is 334 g/mol. The fourth-order valence-electron chi connectivity index (χ4n) is 2.47. The molecular formula is C20H25NO5. The minimum absolute atomic E-state index is 0.0876. The molecule has 2 N–H and O–H groups in total. The highest BCUT2D eigenvalue weighted by atomic mass is 16.5. The Bertz CT molecular complexity index is 718. The van der Waals surface area contributed by atoms with Gasteiger partial charge in [-0.2, -0.15) is 0 Å². The fraction of sp³-hybridized carbons (Fsp3) is 0.350. The van der Waals surface area contributed by atoms with Gasteiger partial charge in [0.25, 0.3) is 5.91 Å². The lowest BCUT2D eigenvalue weighted by molar-refractivity contribution is 0.102. The zero-order valence-corrected chi connectivity index (χ0v) is 15.4. The van der Waals surface area contributed by atoms with Crippen LogP contribution >= 0.6 is 0 Å². The molecule has 0 bridgehead atoms. The third kappa shape index (κ3) is 4.89. The van der Waals surface area contributed by atoms with E-state index >= 15 is 0 Å². The van der Waals surface area contributed by atoms with Crippen LogP contribution in [0, 0.1) is 0 Å². The third-order valence-electron chi connectivity index (χ3n) is 3.54. The van der Waals surface area contributed by atoms with E-state index in [9.17, 15) is 9.90 Å². The highest BCUT2D eigenvalue weighted by Gasteiger charge is 2.18. The van der Waals surface area contributed by atoms with Gasteiger partial charge >= 0.3 is 0 Å². The van der Waals surface area contributed by atoms with Crippen molar-refractivity contribution in [3.05, 3.63) is 47.5 Å². The minimum Gasteiger partial charge on any atom is -0.490 e. The molecule has 1 amide bonds. The molecule has 6 nitrogen and oxygen atoms in total. The first-order valence-corrected chi connectivity index (χ1v) is 8.70. The van der Waals surface area contributed by atoms with Crippen LogP contribution in [0.15, 0.2) is 36.4 Å². The van der Waals surface area contributed by atoms with Crippen LogP contribution in [0.5, 0.6) is 17.2 Å². The van der Waals surface area contributed by atoms with Gasteiger partial charge in [-0.25, -0.2) is 0 Å². The Morgan fingerprint density at radius 3 is 2.12 bits per heavy atom. The Morgan fingerprint density at radius 2 is 1.58 bits per heavy atom. The van der Waals surface area contributed by atoms with E-state index in [1.165, 1.54) is 0 Å². The minimum atomic E-state index is -0.301. The van der Waals surface area contributed by atoms with Gasteiger partial charge < -0.3 is 24.6 Å².